The number of nitrogens with one attached hydrogen (secondary N) is 1. The van der Waals surface area contributed by atoms with Crippen molar-refractivity contribution in [2.45, 2.75) is 36.5 Å². The molecule has 1 saturated heterocycles. The number of hydrogen-bond donors (Lipinski definition) is 2. The van der Waals surface area contributed by atoms with Crippen molar-refractivity contribution >= 4 is 17.4 Å². The molecule has 170 valence electrons. The summed E-state index contributed by atoms with van der Waals surface area (Å²) in [4.78, 5) is 0. The lowest BCUT2D eigenvalue weighted by Crippen LogP contribution is -2.14. The molecule has 2 N–H and O–H groups in total. The van der Waals surface area contributed by atoms with Crippen LogP contribution < -0.4 is 29.0 Å². The number of anilines is 1. The van der Waals surface area contributed by atoms with Crippen molar-refractivity contribution in [2.24, 2.45) is 0 Å². The Hall–Kier alpha value is -2.45. The van der Waals surface area contributed by atoms with Crippen LogP contribution in [0.1, 0.15) is 41.4 Å². The minimum Gasteiger partial charge on any atom is -0.493 e. The Balaban J connectivity index is 1.90. The predicted molar refractivity (Wildman–Crippen MR) is 123 cm³/mol. The van der Waals surface area contributed by atoms with E-state index < -0.39 is 6.23 Å². The lowest BCUT2D eigenvalue weighted by Gasteiger charge is -2.20. The second-order valence-electron chi connectivity index (χ2n) is 7.27. The van der Waals surface area contributed by atoms with Gasteiger partial charge in [-0.2, -0.15) is 0 Å². The second kappa shape index (κ2) is 10.2. The lowest BCUT2D eigenvalue weighted by atomic mass is 10.0. The number of thioether (sulfide) groups is 1. The maximum absolute atomic E-state index is 9.83. The Morgan fingerprint density at radius 3 is 1.65 bits per heavy atom. The van der Waals surface area contributed by atoms with Crippen molar-refractivity contribution < 1.29 is 28.8 Å². The highest BCUT2D eigenvalue weighted by atomic mass is 32.2. The number of rotatable bonds is 9. The molecular formula is C23H31NO6S. The van der Waals surface area contributed by atoms with Crippen LogP contribution in [0.4, 0.5) is 5.69 Å². The summed E-state index contributed by atoms with van der Waals surface area (Å²) in [5.41, 5.74) is 2.98. The molecule has 8 heteroatoms. The minimum absolute atomic E-state index is 0.276. The number of aliphatic hydroxyl groups is 1. The molecule has 0 radical (unpaired) electrons. The van der Waals surface area contributed by atoms with Crippen molar-refractivity contribution in [3.63, 3.8) is 0 Å². The molecule has 7 nitrogen and oxygen atoms in total. The van der Waals surface area contributed by atoms with Gasteiger partial charge < -0.3 is 34.1 Å². The fourth-order valence-electron chi connectivity index (χ4n) is 3.92. The van der Waals surface area contributed by atoms with Crippen LogP contribution in [0.5, 0.6) is 28.7 Å². The van der Waals surface area contributed by atoms with Gasteiger partial charge >= 0.3 is 0 Å². The fourth-order valence-corrected chi connectivity index (χ4v) is 5.45. The van der Waals surface area contributed by atoms with E-state index in [-0.39, 0.29) is 5.25 Å². The first-order chi connectivity index (χ1) is 14.9. The molecule has 1 aliphatic heterocycles. The van der Waals surface area contributed by atoms with E-state index in [1.54, 1.807) is 42.5 Å². The Morgan fingerprint density at radius 1 is 0.774 bits per heavy atom. The summed E-state index contributed by atoms with van der Waals surface area (Å²) in [5, 5.41) is 13.4. The zero-order chi connectivity index (χ0) is 22.5. The van der Waals surface area contributed by atoms with Gasteiger partial charge in [-0.25, -0.2) is 0 Å². The van der Waals surface area contributed by atoms with Gasteiger partial charge in [0.1, 0.15) is 6.23 Å². The van der Waals surface area contributed by atoms with Crippen LogP contribution >= 0.6 is 11.8 Å². The number of methoxy groups -OCH3 is 5. The average molecular weight is 450 g/mol. The molecule has 31 heavy (non-hydrogen) atoms. The SMILES string of the molecule is COc1cc([C@@H]2CC[C@@H](c3cc(OC)c(OC)c(OC)c3)S2)cc(NC(C)O)c1OC. The maximum Gasteiger partial charge on any atom is 0.203 e. The van der Waals surface area contributed by atoms with Crippen LogP contribution in [-0.4, -0.2) is 46.9 Å². The first-order valence-corrected chi connectivity index (χ1v) is 11.1. The third-order valence-corrected chi connectivity index (χ3v) is 6.99. The number of hydrogen-bond acceptors (Lipinski definition) is 8. The van der Waals surface area contributed by atoms with E-state index in [2.05, 4.69) is 5.32 Å². The molecule has 2 aromatic carbocycles. The minimum atomic E-state index is -0.711. The predicted octanol–water partition coefficient (Wildman–Crippen LogP) is 4.79. The largest absolute Gasteiger partial charge is 0.493 e. The van der Waals surface area contributed by atoms with E-state index in [1.807, 2.05) is 36.0 Å². The highest BCUT2D eigenvalue weighted by Crippen LogP contribution is 2.55. The fraction of sp³-hybridized carbons (Fsp3) is 0.478. The van der Waals surface area contributed by atoms with Gasteiger partial charge in [0, 0.05) is 10.5 Å². The third kappa shape index (κ3) is 4.91. The number of aliphatic hydroxyl groups excluding tert-OH is 1. The highest BCUT2D eigenvalue weighted by molar-refractivity contribution is 8.00. The Morgan fingerprint density at radius 2 is 1.23 bits per heavy atom. The lowest BCUT2D eigenvalue weighted by molar-refractivity contribution is 0.223. The second-order valence-corrected chi connectivity index (χ2v) is 8.68. The molecule has 1 aliphatic rings. The molecule has 1 fully saturated rings. The monoisotopic (exact) mass is 449 g/mol. The van der Waals surface area contributed by atoms with Crippen molar-refractivity contribution in [2.75, 3.05) is 40.9 Å². The first kappa shape index (κ1) is 23.2. The van der Waals surface area contributed by atoms with Crippen LogP contribution in [0.15, 0.2) is 24.3 Å². The van der Waals surface area contributed by atoms with Gasteiger partial charge in [0.2, 0.25) is 5.75 Å². The van der Waals surface area contributed by atoms with Crippen molar-refractivity contribution in [3.8, 4) is 28.7 Å². The summed E-state index contributed by atoms with van der Waals surface area (Å²) >= 11 is 1.89. The van der Waals surface area contributed by atoms with Gasteiger partial charge in [-0.05, 0) is 55.2 Å². The molecule has 0 aromatic heterocycles. The van der Waals surface area contributed by atoms with Crippen molar-refractivity contribution in [3.05, 3.63) is 35.4 Å². The molecule has 0 bridgehead atoms. The Labute approximate surface area is 188 Å². The molecule has 1 unspecified atom stereocenters. The van der Waals surface area contributed by atoms with Crippen molar-refractivity contribution in [1.82, 2.24) is 0 Å². The topological polar surface area (TPSA) is 78.4 Å². The quantitative estimate of drug-likeness (QED) is 0.529. The molecule has 0 spiro atoms. The zero-order valence-corrected chi connectivity index (χ0v) is 19.7. The standard InChI is InChI=1S/C23H31NO6S/c1-13(25)24-16-9-14(10-17(26-2)22(16)29-5)20-7-8-21(31-20)15-11-18(27-3)23(30-6)19(12-15)28-4/h9-13,20-21,24-25H,7-8H2,1-6H3/t13?,20-,21-/m0/s1. The van der Waals surface area contributed by atoms with E-state index in [1.165, 1.54) is 0 Å². The molecule has 1 heterocycles. The van der Waals surface area contributed by atoms with Gasteiger partial charge in [-0.3, -0.25) is 0 Å². The molecule has 0 saturated carbocycles. The maximum atomic E-state index is 9.83. The summed E-state index contributed by atoms with van der Waals surface area (Å²) < 4.78 is 27.6. The van der Waals surface area contributed by atoms with Gasteiger partial charge in [-0.15, -0.1) is 11.8 Å². The van der Waals surface area contributed by atoms with Gasteiger partial charge in [0.15, 0.2) is 23.0 Å². The molecule has 0 aliphatic carbocycles. The van der Waals surface area contributed by atoms with Crippen molar-refractivity contribution in [1.29, 1.82) is 0 Å². The average Bonchev–Trinajstić information content (AvgIpc) is 3.27. The summed E-state index contributed by atoms with van der Waals surface area (Å²) in [6.07, 6.45) is 1.31. The van der Waals surface area contributed by atoms with E-state index in [9.17, 15) is 5.11 Å². The Kier molecular flexibility index (Phi) is 7.67. The third-order valence-electron chi connectivity index (χ3n) is 5.32. The van der Waals surface area contributed by atoms with Gasteiger partial charge in [-0.1, -0.05) is 0 Å². The number of benzene rings is 2. The molecule has 0 amide bonds. The summed E-state index contributed by atoms with van der Waals surface area (Å²) in [6.45, 7) is 1.67. The summed E-state index contributed by atoms with van der Waals surface area (Å²) in [6, 6.07) is 8.09. The van der Waals surface area contributed by atoms with Crippen LogP contribution in [0, 0.1) is 0 Å². The van der Waals surface area contributed by atoms with Gasteiger partial charge in [0.25, 0.3) is 0 Å². The molecule has 3 atom stereocenters. The summed E-state index contributed by atoms with van der Waals surface area (Å²) in [7, 11) is 8.08. The van der Waals surface area contributed by atoms with Gasteiger partial charge in [0.05, 0.1) is 41.2 Å². The smallest absolute Gasteiger partial charge is 0.203 e. The highest BCUT2D eigenvalue weighted by Gasteiger charge is 2.31. The first-order valence-electron chi connectivity index (χ1n) is 10.1. The Bertz CT molecular complexity index is 879. The molecular weight excluding hydrogens is 418 g/mol. The van der Waals surface area contributed by atoms with Crippen LogP contribution in [0.25, 0.3) is 0 Å². The van der Waals surface area contributed by atoms with Crippen LogP contribution in [0.3, 0.4) is 0 Å². The molecule has 2 aromatic rings. The van der Waals surface area contributed by atoms with E-state index in [4.69, 9.17) is 23.7 Å². The van der Waals surface area contributed by atoms with E-state index in [0.29, 0.717) is 39.7 Å². The summed E-state index contributed by atoms with van der Waals surface area (Å²) in [5.74, 6) is 3.14. The van der Waals surface area contributed by atoms with E-state index >= 15 is 0 Å². The van der Waals surface area contributed by atoms with E-state index in [0.717, 1.165) is 24.0 Å². The van der Waals surface area contributed by atoms with Crippen LogP contribution in [0.2, 0.25) is 0 Å². The molecule has 3 rings (SSSR count). The zero-order valence-electron chi connectivity index (χ0n) is 18.9. The number of ether oxygens (including phenoxy) is 5. The normalized spacial score (nSPS) is 18.9. The van der Waals surface area contributed by atoms with Crippen LogP contribution in [-0.2, 0) is 0 Å².